The summed E-state index contributed by atoms with van der Waals surface area (Å²) in [5, 5.41) is 4.33. The van der Waals surface area contributed by atoms with Crippen molar-refractivity contribution in [3.63, 3.8) is 0 Å². The van der Waals surface area contributed by atoms with Crippen LogP contribution in [0.1, 0.15) is 11.3 Å². The Bertz CT molecular complexity index is 544. The summed E-state index contributed by atoms with van der Waals surface area (Å²) in [6.07, 6.45) is 1.70. The summed E-state index contributed by atoms with van der Waals surface area (Å²) in [6.45, 7) is 1.10. The number of ether oxygens (including phenoxy) is 1. The van der Waals surface area contributed by atoms with Crippen molar-refractivity contribution in [2.45, 2.75) is 13.2 Å². The molecule has 1 heterocycles. The van der Waals surface area contributed by atoms with E-state index in [4.69, 9.17) is 27.9 Å². The highest BCUT2D eigenvalue weighted by Crippen LogP contribution is 2.22. The summed E-state index contributed by atoms with van der Waals surface area (Å²) in [5.41, 5.74) is 1.82. The lowest BCUT2D eigenvalue weighted by Gasteiger charge is -2.08. The first kappa shape index (κ1) is 14.1. The Morgan fingerprint density at radius 1 is 1.21 bits per heavy atom. The highest BCUT2D eigenvalue weighted by molar-refractivity contribution is 6.33. The molecule has 1 aromatic carbocycles. The molecule has 3 nitrogen and oxygen atoms in total. The average molecular weight is 297 g/mol. The van der Waals surface area contributed by atoms with Crippen molar-refractivity contribution < 1.29 is 4.74 Å². The second-order valence-electron chi connectivity index (χ2n) is 4.04. The standard InChI is InChI=1S/C14H14Cl2N2O/c1-17-7-12-3-4-13(8-18-12)19-9-10-6-11(15)2-5-14(10)16/h2-6,8,17H,7,9H2,1H3. The first-order valence-corrected chi connectivity index (χ1v) is 6.61. The third-order valence-corrected chi connectivity index (χ3v) is 3.16. The lowest BCUT2D eigenvalue weighted by Crippen LogP contribution is -2.06. The molecule has 0 saturated carbocycles. The molecule has 0 unspecified atom stereocenters. The molecule has 0 radical (unpaired) electrons. The minimum atomic E-state index is 0.368. The number of benzene rings is 1. The lowest BCUT2D eigenvalue weighted by atomic mass is 10.2. The van der Waals surface area contributed by atoms with Gasteiger partial charge in [0.1, 0.15) is 12.4 Å². The van der Waals surface area contributed by atoms with Crippen molar-refractivity contribution in [1.29, 1.82) is 0 Å². The van der Waals surface area contributed by atoms with E-state index >= 15 is 0 Å². The van der Waals surface area contributed by atoms with Gasteiger partial charge >= 0.3 is 0 Å². The average Bonchev–Trinajstić information content (AvgIpc) is 2.42. The van der Waals surface area contributed by atoms with Crippen LogP contribution in [0, 0.1) is 0 Å². The monoisotopic (exact) mass is 296 g/mol. The van der Waals surface area contributed by atoms with Crippen LogP contribution < -0.4 is 10.1 Å². The van der Waals surface area contributed by atoms with Crippen molar-refractivity contribution in [1.82, 2.24) is 10.3 Å². The number of nitrogens with one attached hydrogen (secondary N) is 1. The predicted octanol–water partition coefficient (Wildman–Crippen LogP) is 3.69. The molecule has 0 bridgehead atoms. The van der Waals surface area contributed by atoms with Gasteiger partial charge in [-0.3, -0.25) is 4.98 Å². The molecule has 2 rings (SSSR count). The Labute approximate surface area is 122 Å². The van der Waals surface area contributed by atoms with E-state index < -0.39 is 0 Å². The molecule has 1 N–H and O–H groups in total. The van der Waals surface area contributed by atoms with Crippen molar-refractivity contribution in [3.8, 4) is 5.75 Å². The quantitative estimate of drug-likeness (QED) is 0.914. The summed E-state index contributed by atoms with van der Waals surface area (Å²) in [6, 6.07) is 9.12. The maximum absolute atomic E-state index is 6.07. The number of rotatable bonds is 5. The number of hydrogen-bond donors (Lipinski definition) is 1. The highest BCUT2D eigenvalue weighted by atomic mass is 35.5. The van der Waals surface area contributed by atoms with Crippen LogP contribution in [-0.2, 0) is 13.2 Å². The second-order valence-corrected chi connectivity index (χ2v) is 4.88. The zero-order chi connectivity index (χ0) is 13.7. The van der Waals surface area contributed by atoms with E-state index in [9.17, 15) is 0 Å². The Morgan fingerprint density at radius 2 is 2.05 bits per heavy atom. The maximum Gasteiger partial charge on any atom is 0.138 e. The number of hydrogen-bond acceptors (Lipinski definition) is 3. The van der Waals surface area contributed by atoms with Crippen LogP contribution in [0.2, 0.25) is 10.0 Å². The molecule has 2 aromatic rings. The third-order valence-electron chi connectivity index (χ3n) is 2.56. The Kier molecular flexibility index (Phi) is 5.02. The Morgan fingerprint density at radius 3 is 2.74 bits per heavy atom. The molecule has 0 aliphatic rings. The number of pyridine rings is 1. The van der Waals surface area contributed by atoms with E-state index in [1.165, 1.54) is 0 Å². The summed E-state index contributed by atoms with van der Waals surface area (Å²) >= 11 is 12.0. The Balaban J connectivity index is 2.00. The largest absolute Gasteiger partial charge is 0.487 e. The van der Waals surface area contributed by atoms with Crippen LogP contribution in [-0.4, -0.2) is 12.0 Å². The third kappa shape index (κ3) is 4.10. The highest BCUT2D eigenvalue weighted by Gasteiger charge is 2.03. The summed E-state index contributed by atoms with van der Waals surface area (Å²) in [4.78, 5) is 4.27. The lowest BCUT2D eigenvalue weighted by molar-refractivity contribution is 0.305. The van der Waals surface area contributed by atoms with Crippen LogP contribution in [0.4, 0.5) is 0 Å². The topological polar surface area (TPSA) is 34.1 Å². The smallest absolute Gasteiger partial charge is 0.138 e. The molecule has 0 aliphatic heterocycles. The summed E-state index contributed by atoms with van der Waals surface area (Å²) < 4.78 is 5.64. The van der Waals surface area contributed by atoms with Gasteiger partial charge in [0, 0.05) is 22.2 Å². The van der Waals surface area contributed by atoms with E-state index in [0.717, 1.165) is 17.8 Å². The van der Waals surface area contributed by atoms with Crippen LogP contribution in [0.25, 0.3) is 0 Å². The van der Waals surface area contributed by atoms with Crippen molar-refractivity contribution in [2.24, 2.45) is 0 Å². The Hall–Kier alpha value is -1.29. The fourth-order valence-electron chi connectivity index (χ4n) is 1.60. The zero-order valence-electron chi connectivity index (χ0n) is 10.5. The SMILES string of the molecule is CNCc1ccc(OCc2cc(Cl)ccc2Cl)cn1. The van der Waals surface area contributed by atoms with Crippen molar-refractivity contribution in [3.05, 3.63) is 57.8 Å². The second kappa shape index (κ2) is 6.75. The number of halogens is 2. The van der Waals surface area contributed by atoms with Crippen LogP contribution in [0.3, 0.4) is 0 Å². The first-order valence-electron chi connectivity index (χ1n) is 5.85. The minimum Gasteiger partial charge on any atom is -0.487 e. The van der Waals surface area contributed by atoms with Crippen molar-refractivity contribution >= 4 is 23.2 Å². The maximum atomic E-state index is 6.07. The molecule has 100 valence electrons. The molecule has 0 saturated heterocycles. The van der Waals surface area contributed by atoms with E-state index in [-0.39, 0.29) is 0 Å². The predicted molar refractivity (Wildman–Crippen MR) is 77.8 cm³/mol. The van der Waals surface area contributed by atoms with Gasteiger partial charge in [0.05, 0.1) is 11.9 Å². The van der Waals surface area contributed by atoms with Crippen molar-refractivity contribution in [2.75, 3.05) is 7.05 Å². The van der Waals surface area contributed by atoms with Crippen LogP contribution in [0.15, 0.2) is 36.5 Å². The molecular formula is C14H14Cl2N2O. The van der Waals surface area contributed by atoms with Gasteiger partial charge in [-0.25, -0.2) is 0 Å². The molecule has 0 spiro atoms. The van der Waals surface area contributed by atoms with Gasteiger partial charge < -0.3 is 10.1 Å². The van der Waals surface area contributed by atoms with Crippen LogP contribution in [0.5, 0.6) is 5.75 Å². The first-order chi connectivity index (χ1) is 9.19. The fraction of sp³-hybridized carbons (Fsp3) is 0.214. The summed E-state index contributed by atoms with van der Waals surface area (Å²) in [5.74, 6) is 0.705. The van der Waals surface area contributed by atoms with Crippen LogP contribution >= 0.6 is 23.2 Å². The van der Waals surface area contributed by atoms with E-state index in [1.807, 2.05) is 19.2 Å². The van der Waals surface area contributed by atoms with Gasteiger partial charge in [-0.2, -0.15) is 0 Å². The molecule has 0 atom stereocenters. The van der Waals surface area contributed by atoms with Gasteiger partial charge in [-0.15, -0.1) is 0 Å². The molecule has 0 amide bonds. The molecule has 19 heavy (non-hydrogen) atoms. The summed E-state index contributed by atoms with van der Waals surface area (Å²) in [7, 11) is 1.88. The molecular weight excluding hydrogens is 283 g/mol. The molecule has 5 heteroatoms. The van der Waals surface area contributed by atoms with E-state index in [0.29, 0.717) is 22.4 Å². The van der Waals surface area contributed by atoms with E-state index in [1.54, 1.807) is 24.4 Å². The molecule has 0 fully saturated rings. The molecule has 0 aliphatic carbocycles. The van der Waals surface area contributed by atoms with Gasteiger partial charge in [0.25, 0.3) is 0 Å². The zero-order valence-corrected chi connectivity index (χ0v) is 12.0. The van der Waals surface area contributed by atoms with Gasteiger partial charge in [0.15, 0.2) is 0 Å². The number of aromatic nitrogens is 1. The van der Waals surface area contributed by atoms with Gasteiger partial charge in [-0.1, -0.05) is 23.2 Å². The van der Waals surface area contributed by atoms with Gasteiger partial charge in [-0.05, 0) is 37.4 Å². The number of nitrogens with zero attached hydrogens (tertiary/aromatic N) is 1. The van der Waals surface area contributed by atoms with E-state index in [2.05, 4.69) is 10.3 Å². The van der Waals surface area contributed by atoms with Gasteiger partial charge in [0.2, 0.25) is 0 Å². The fourth-order valence-corrected chi connectivity index (χ4v) is 1.96. The normalized spacial score (nSPS) is 10.5. The minimum absolute atomic E-state index is 0.368. The molecule has 1 aromatic heterocycles.